The molecule has 0 spiro atoms. The average molecular weight is 215 g/mol. The van der Waals surface area contributed by atoms with Crippen LogP contribution in [-0.4, -0.2) is 47.2 Å². The Morgan fingerprint density at radius 2 is 1.87 bits per heavy atom. The molecule has 1 rings (SSSR count). The highest BCUT2D eigenvalue weighted by Gasteiger charge is 2.66. The van der Waals surface area contributed by atoms with E-state index in [1.807, 2.05) is 0 Å². The summed E-state index contributed by atoms with van der Waals surface area (Å²) in [6, 6.07) is 0. The minimum atomic E-state index is -0.921. The molecule has 86 valence electrons. The number of nitrogens with zero attached hydrogens (tertiary/aromatic N) is 1. The lowest BCUT2D eigenvalue weighted by molar-refractivity contribution is -0.141. The highest BCUT2D eigenvalue weighted by Crippen LogP contribution is 2.58. The molecule has 1 aliphatic rings. The van der Waals surface area contributed by atoms with Crippen molar-refractivity contribution in [3.8, 4) is 0 Å². The number of carboxylic acids is 1. The SMILES string of the molecule is CN(CCO)C(=O)C1C(C(=O)O)C1(C)C. The molecule has 0 aromatic carbocycles. The van der Waals surface area contributed by atoms with Crippen LogP contribution in [0.3, 0.4) is 0 Å². The van der Waals surface area contributed by atoms with Crippen molar-refractivity contribution < 1.29 is 19.8 Å². The summed E-state index contributed by atoms with van der Waals surface area (Å²) in [6.45, 7) is 3.70. The van der Waals surface area contributed by atoms with Gasteiger partial charge >= 0.3 is 5.97 Å². The van der Waals surface area contributed by atoms with Gasteiger partial charge in [-0.15, -0.1) is 0 Å². The molecule has 1 aliphatic carbocycles. The predicted octanol–water partition coefficient (Wildman–Crippen LogP) is -0.206. The monoisotopic (exact) mass is 215 g/mol. The van der Waals surface area contributed by atoms with Crippen molar-refractivity contribution in [1.82, 2.24) is 4.90 Å². The summed E-state index contributed by atoms with van der Waals surface area (Å²) >= 11 is 0. The predicted molar refractivity (Wildman–Crippen MR) is 53.1 cm³/mol. The second-order valence-corrected chi connectivity index (χ2v) is 4.60. The van der Waals surface area contributed by atoms with Gasteiger partial charge in [0.25, 0.3) is 0 Å². The second kappa shape index (κ2) is 3.81. The Bertz CT molecular complexity index is 287. The van der Waals surface area contributed by atoms with Gasteiger partial charge in [-0.05, 0) is 5.41 Å². The fraction of sp³-hybridized carbons (Fsp3) is 0.800. The molecule has 0 aromatic rings. The zero-order valence-corrected chi connectivity index (χ0v) is 9.23. The maximum atomic E-state index is 11.8. The van der Waals surface area contributed by atoms with Crippen molar-refractivity contribution in [2.24, 2.45) is 17.3 Å². The number of aliphatic carboxylic acids is 1. The highest BCUT2D eigenvalue weighted by molar-refractivity contribution is 5.91. The van der Waals surface area contributed by atoms with E-state index in [4.69, 9.17) is 10.2 Å². The normalized spacial score (nSPS) is 27.2. The molecule has 0 aromatic heterocycles. The summed E-state index contributed by atoms with van der Waals surface area (Å²) in [5.74, 6) is -2.16. The van der Waals surface area contributed by atoms with Gasteiger partial charge < -0.3 is 15.1 Å². The number of amides is 1. The second-order valence-electron chi connectivity index (χ2n) is 4.60. The quantitative estimate of drug-likeness (QED) is 0.680. The molecule has 1 saturated carbocycles. The summed E-state index contributed by atoms with van der Waals surface area (Å²) in [5.41, 5.74) is -0.466. The third-order valence-corrected chi connectivity index (χ3v) is 3.17. The van der Waals surface area contributed by atoms with Crippen molar-refractivity contribution in [1.29, 1.82) is 0 Å². The summed E-state index contributed by atoms with van der Waals surface area (Å²) < 4.78 is 0. The van der Waals surface area contributed by atoms with Gasteiger partial charge in [-0.3, -0.25) is 9.59 Å². The molecule has 2 unspecified atom stereocenters. The van der Waals surface area contributed by atoms with Gasteiger partial charge in [0.05, 0.1) is 18.4 Å². The van der Waals surface area contributed by atoms with Gasteiger partial charge in [-0.25, -0.2) is 0 Å². The van der Waals surface area contributed by atoms with Crippen LogP contribution < -0.4 is 0 Å². The first-order valence-electron chi connectivity index (χ1n) is 4.92. The lowest BCUT2D eigenvalue weighted by atomic mass is 10.1. The maximum Gasteiger partial charge on any atom is 0.307 e. The molecule has 0 bridgehead atoms. The van der Waals surface area contributed by atoms with E-state index in [2.05, 4.69) is 0 Å². The van der Waals surface area contributed by atoms with Crippen LogP contribution in [0.5, 0.6) is 0 Å². The standard InChI is InChI=1S/C10H17NO4/c1-10(2)6(7(10)9(14)15)8(13)11(3)4-5-12/h6-7,12H,4-5H2,1-3H3,(H,14,15). The average Bonchev–Trinajstić information content (AvgIpc) is 2.68. The van der Waals surface area contributed by atoms with Crippen molar-refractivity contribution in [2.45, 2.75) is 13.8 Å². The molecular formula is C10H17NO4. The largest absolute Gasteiger partial charge is 0.481 e. The van der Waals surface area contributed by atoms with Gasteiger partial charge in [0.15, 0.2) is 0 Å². The number of carbonyl (C=O) groups excluding carboxylic acids is 1. The number of carbonyl (C=O) groups is 2. The molecule has 0 heterocycles. The van der Waals surface area contributed by atoms with Crippen molar-refractivity contribution in [3.05, 3.63) is 0 Å². The molecule has 0 radical (unpaired) electrons. The molecule has 2 N–H and O–H groups in total. The summed E-state index contributed by atoms with van der Waals surface area (Å²) in [5, 5.41) is 17.6. The van der Waals surface area contributed by atoms with E-state index in [0.29, 0.717) is 0 Å². The third-order valence-electron chi connectivity index (χ3n) is 3.17. The van der Waals surface area contributed by atoms with Gasteiger partial charge in [0.2, 0.25) is 5.91 Å². The van der Waals surface area contributed by atoms with E-state index in [1.165, 1.54) is 4.90 Å². The number of aliphatic hydroxyl groups excluding tert-OH is 1. The van der Waals surface area contributed by atoms with Crippen LogP contribution in [0.1, 0.15) is 13.8 Å². The number of hydrogen-bond donors (Lipinski definition) is 2. The first-order chi connectivity index (χ1) is 6.84. The molecule has 1 amide bonds. The van der Waals surface area contributed by atoms with Crippen LogP contribution in [0.4, 0.5) is 0 Å². The van der Waals surface area contributed by atoms with E-state index in [0.717, 1.165) is 0 Å². The minimum Gasteiger partial charge on any atom is -0.481 e. The lowest BCUT2D eigenvalue weighted by Gasteiger charge is -2.16. The van der Waals surface area contributed by atoms with Crippen LogP contribution in [0.2, 0.25) is 0 Å². The zero-order valence-electron chi connectivity index (χ0n) is 9.23. The molecule has 2 atom stereocenters. The Morgan fingerprint density at radius 1 is 1.33 bits per heavy atom. The summed E-state index contributed by atoms with van der Waals surface area (Å²) in [4.78, 5) is 24.0. The molecule has 0 saturated heterocycles. The first-order valence-corrected chi connectivity index (χ1v) is 4.92. The number of carboxylic acid groups (broad SMARTS) is 1. The van der Waals surface area contributed by atoms with Gasteiger partial charge in [0.1, 0.15) is 0 Å². The van der Waals surface area contributed by atoms with E-state index in [9.17, 15) is 9.59 Å². The Balaban J connectivity index is 2.67. The third kappa shape index (κ3) is 1.97. The summed E-state index contributed by atoms with van der Waals surface area (Å²) in [6.07, 6.45) is 0. The van der Waals surface area contributed by atoms with E-state index >= 15 is 0 Å². The number of likely N-dealkylation sites (N-methyl/N-ethyl adjacent to an activating group) is 1. The van der Waals surface area contributed by atoms with E-state index in [-0.39, 0.29) is 19.1 Å². The molecular weight excluding hydrogens is 198 g/mol. The van der Waals surface area contributed by atoms with Crippen LogP contribution in [0.15, 0.2) is 0 Å². The maximum absolute atomic E-state index is 11.8. The molecule has 5 nitrogen and oxygen atoms in total. The number of rotatable bonds is 4. The lowest BCUT2D eigenvalue weighted by Crippen LogP contribution is -2.32. The van der Waals surface area contributed by atoms with Crippen LogP contribution in [0, 0.1) is 17.3 Å². The fourth-order valence-electron chi connectivity index (χ4n) is 2.06. The molecule has 1 fully saturated rings. The smallest absolute Gasteiger partial charge is 0.307 e. The molecule has 5 heteroatoms. The van der Waals surface area contributed by atoms with E-state index < -0.39 is 23.2 Å². The minimum absolute atomic E-state index is 0.104. The van der Waals surface area contributed by atoms with Gasteiger partial charge in [-0.2, -0.15) is 0 Å². The summed E-state index contributed by atoms with van der Waals surface area (Å²) in [7, 11) is 1.58. The van der Waals surface area contributed by atoms with Gasteiger partial charge in [-0.1, -0.05) is 13.8 Å². The van der Waals surface area contributed by atoms with Crippen molar-refractivity contribution >= 4 is 11.9 Å². The molecule has 0 aliphatic heterocycles. The van der Waals surface area contributed by atoms with Crippen LogP contribution in [-0.2, 0) is 9.59 Å². The fourth-order valence-corrected chi connectivity index (χ4v) is 2.06. The number of aliphatic hydroxyl groups is 1. The first kappa shape index (κ1) is 12.0. The Morgan fingerprint density at radius 3 is 2.20 bits per heavy atom. The van der Waals surface area contributed by atoms with Crippen LogP contribution >= 0.6 is 0 Å². The van der Waals surface area contributed by atoms with Gasteiger partial charge in [0, 0.05) is 13.6 Å². The Labute approximate surface area is 88.7 Å². The highest BCUT2D eigenvalue weighted by atomic mass is 16.4. The van der Waals surface area contributed by atoms with Crippen LogP contribution in [0.25, 0.3) is 0 Å². The van der Waals surface area contributed by atoms with Crippen molar-refractivity contribution in [3.63, 3.8) is 0 Å². The Kier molecular flexibility index (Phi) is 3.04. The number of hydrogen-bond acceptors (Lipinski definition) is 3. The molecule has 15 heavy (non-hydrogen) atoms. The topological polar surface area (TPSA) is 77.8 Å². The van der Waals surface area contributed by atoms with E-state index in [1.54, 1.807) is 20.9 Å². The zero-order chi connectivity index (χ0) is 11.8. The van der Waals surface area contributed by atoms with Crippen molar-refractivity contribution in [2.75, 3.05) is 20.2 Å². The Hall–Kier alpha value is -1.10.